The average Bonchev–Trinajstić information content (AvgIpc) is 3.88. The molecule has 3 fully saturated rings. The van der Waals surface area contributed by atoms with Gasteiger partial charge in [-0.25, -0.2) is 13.2 Å². The highest BCUT2D eigenvalue weighted by molar-refractivity contribution is 6.01. The summed E-state index contributed by atoms with van der Waals surface area (Å²) in [6.45, 7) is 3.74. The molecule has 2 N–H and O–H groups in total. The SMILES string of the molecule is O=CN1CCc2c(c(N3CCCc4cc(-c5cn(CC(=O)N6CCC(c7ccc(NC8CCC(=O)NC8=O)cc7F)CC6)c6ccncc56)c(C(F)F)cc43)nn2C2CCOCC2)C1. The summed E-state index contributed by atoms with van der Waals surface area (Å²) in [6, 6.07) is 9.65. The number of hydrogen-bond donors (Lipinski definition) is 2. The molecule has 8 heterocycles. The topological polar surface area (TPSA) is 147 Å². The van der Waals surface area contributed by atoms with Crippen LogP contribution in [0.2, 0.25) is 0 Å². The molecule has 334 valence electrons. The Kier molecular flexibility index (Phi) is 11.3. The lowest BCUT2D eigenvalue weighted by Gasteiger charge is -2.33. The lowest BCUT2D eigenvalue weighted by atomic mass is 9.89. The molecule has 0 saturated carbocycles. The maximum Gasteiger partial charge on any atom is 0.264 e. The quantitative estimate of drug-likeness (QED) is 0.118. The summed E-state index contributed by atoms with van der Waals surface area (Å²) in [5, 5.41) is 11.2. The summed E-state index contributed by atoms with van der Waals surface area (Å²) < 4.78 is 55.8. The van der Waals surface area contributed by atoms with Crippen LogP contribution < -0.4 is 15.5 Å². The van der Waals surface area contributed by atoms with E-state index >= 15 is 13.2 Å². The smallest absolute Gasteiger partial charge is 0.264 e. The summed E-state index contributed by atoms with van der Waals surface area (Å²) in [6.07, 6.45) is 8.60. The molecule has 5 aromatic rings. The summed E-state index contributed by atoms with van der Waals surface area (Å²) in [5.74, 6) is -0.666. The van der Waals surface area contributed by atoms with Crippen LogP contribution in [0.4, 0.5) is 30.4 Å². The largest absolute Gasteiger partial charge is 0.381 e. The number of carbonyl (C=O) groups excluding carboxylic acids is 4. The molecule has 3 saturated heterocycles. The van der Waals surface area contributed by atoms with Crippen LogP contribution in [-0.2, 0) is 49.8 Å². The number of hydrogen-bond acceptors (Lipinski definition) is 9. The van der Waals surface area contributed by atoms with Crippen molar-refractivity contribution in [1.82, 2.24) is 34.4 Å². The van der Waals surface area contributed by atoms with E-state index in [0.717, 1.165) is 42.5 Å². The molecule has 0 bridgehead atoms. The fourth-order valence-electron chi connectivity index (χ4n) is 10.4. The first-order valence-electron chi connectivity index (χ1n) is 22.3. The maximum absolute atomic E-state index is 15.4. The van der Waals surface area contributed by atoms with Gasteiger partial charge in [-0.05, 0) is 97.9 Å². The molecule has 10 rings (SSSR count). The first-order chi connectivity index (χ1) is 31.1. The van der Waals surface area contributed by atoms with Gasteiger partial charge in [0, 0.05) is 110 Å². The predicted octanol–water partition coefficient (Wildman–Crippen LogP) is 6.55. The number of likely N-dealkylation sites (tertiary alicyclic amines) is 1. The Morgan fingerprint density at radius 2 is 1.80 bits per heavy atom. The summed E-state index contributed by atoms with van der Waals surface area (Å²) in [4.78, 5) is 59.5. The number of nitrogens with zero attached hydrogens (tertiary/aromatic N) is 7. The van der Waals surface area contributed by atoms with E-state index in [1.165, 1.54) is 6.07 Å². The Morgan fingerprint density at radius 1 is 0.969 bits per heavy atom. The minimum atomic E-state index is -2.80. The number of amides is 4. The number of alkyl halides is 2. The van der Waals surface area contributed by atoms with E-state index in [9.17, 15) is 19.2 Å². The molecule has 0 spiro atoms. The number of anilines is 3. The summed E-state index contributed by atoms with van der Waals surface area (Å²) in [7, 11) is 0. The van der Waals surface area contributed by atoms with Crippen molar-refractivity contribution in [2.24, 2.45) is 0 Å². The second kappa shape index (κ2) is 17.4. The fraction of sp³-hybridized carbons (Fsp3) is 0.447. The molecule has 1 unspecified atom stereocenters. The van der Waals surface area contributed by atoms with Crippen LogP contribution in [0.25, 0.3) is 22.0 Å². The average molecular weight is 878 g/mol. The molecule has 0 aliphatic carbocycles. The molecule has 2 aromatic carbocycles. The standard InChI is InChI=1S/C47H50F3N9O5/c48-38-21-30(52-39-5-6-43(61)53-47(39)63)3-4-32(38)28-8-16-56(17-9-28)44(62)26-57-25-36(35-23-51-13-7-40(35)57)33-20-29-2-1-14-58(42(29)22-34(33)45(49)50)46-37-24-55(27-60)15-10-41(37)59(54-46)31-11-18-64-19-12-31/h3-4,7,13,20-23,25,27-28,31,39,45,52H,1-2,5-6,8-12,14-19,24,26H2,(H,53,61,63). The number of ether oxygens (including phenoxy) is 1. The predicted molar refractivity (Wildman–Crippen MR) is 232 cm³/mol. The van der Waals surface area contributed by atoms with Gasteiger partial charge in [-0.1, -0.05) is 6.07 Å². The number of aromatic nitrogens is 4. The molecule has 0 radical (unpaired) electrons. The van der Waals surface area contributed by atoms with Gasteiger partial charge in [0.1, 0.15) is 18.4 Å². The van der Waals surface area contributed by atoms with Gasteiger partial charge in [-0.3, -0.25) is 34.2 Å². The van der Waals surface area contributed by atoms with Crippen molar-refractivity contribution in [3.63, 3.8) is 0 Å². The first kappa shape index (κ1) is 41.8. The molecule has 3 aromatic heterocycles. The van der Waals surface area contributed by atoms with E-state index in [2.05, 4.69) is 25.2 Å². The van der Waals surface area contributed by atoms with E-state index < -0.39 is 24.2 Å². The highest BCUT2D eigenvalue weighted by atomic mass is 19.3. The van der Waals surface area contributed by atoms with Crippen LogP contribution in [-0.4, -0.2) is 98.7 Å². The van der Waals surface area contributed by atoms with Crippen LogP contribution in [0.3, 0.4) is 0 Å². The Bertz CT molecular complexity index is 2630. The Balaban J connectivity index is 0.885. The normalized spacial score (nSPS) is 19.8. The van der Waals surface area contributed by atoms with Gasteiger partial charge in [0.2, 0.25) is 24.1 Å². The molecule has 5 aliphatic heterocycles. The zero-order chi connectivity index (χ0) is 44.1. The number of rotatable bonds is 10. The number of imide groups is 1. The van der Waals surface area contributed by atoms with Crippen molar-refractivity contribution in [2.45, 2.75) is 95.3 Å². The number of nitrogens with one attached hydrogen (secondary N) is 2. The third-order valence-electron chi connectivity index (χ3n) is 13.8. The highest BCUT2D eigenvalue weighted by Crippen LogP contribution is 2.45. The lowest BCUT2D eigenvalue weighted by molar-refractivity contribution is -0.134. The molecular weight excluding hydrogens is 828 g/mol. The van der Waals surface area contributed by atoms with E-state index in [4.69, 9.17) is 9.84 Å². The van der Waals surface area contributed by atoms with Gasteiger partial charge in [0.05, 0.1) is 18.1 Å². The zero-order valence-corrected chi connectivity index (χ0v) is 35.4. The molecule has 64 heavy (non-hydrogen) atoms. The number of halogens is 3. The minimum Gasteiger partial charge on any atom is -0.381 e. The van der Waals surface area contributed by atoms with Gasteiger partial charge >= 0.3 is 0 Å². The second-order valence-corrected chi connectivity index (χ2v) is 17.6. The van der Waals surface area contributed by atoms with Crippen molar-refractivity contribution in [1.29, 1.82) is 0 Å². The van der Waals surface area contributed by atoms with Gasteiger partial charge in [0.15, 0.2) is 5.82 Å². The molecule has 17 heteroatoms. The monoisotopic (exact) mass is 877 g/mol. The third kappa shape index (κ3) is 7.87. The number of piperidine rings is 2. The van der Waals surface area contributed by atoms with Crippen molar-refractivity contribution >= 4 is 52.2 Å². The minimum absolute atomic E-state index is 0.0122. The van der Waals surface area contributed by atoms with E-state index in [-0.39, 0.29) is 42.3 Å². The Labute approximate surface area is 367 Å². The molecule has 4 amide bonds. The first-order valence-corrected chi connectivity index (χ1v) is 22.3. The van der Waals surface area contributed by atoms with Gasteiger partial charge in [-0.15, -0.1) is 0 Å². The summed E-state index contributed by atoms with van der Waals surface area (Å²) in [5.41, 5.74) is 6.20. The maximum atomic E-state index is 15.4. The van der Waals surface area contributed by atoms with Gasteiger partial charge in [0.25, 0.3) is 6.43 Å². The van der Waals surface area contributed by atoms with Crippen molar-refractivity contribution < 1.29 is 37.1 Å². The molecule has 14 nitrogen and oxygen atoms in total. The number of fused-ring (bicyclic) bond motifs is 3. The van der Waals surface area contributed by atoms with E-state index in [1.54, 1.807) is 52.7 Å². The summed E-state index contributed by atoms with van der Waals surface area (Å²) >= 11 is 0. The molecule has 1 atom stereocenters. The van der Waals surface area contributed by atoms with Crippen LogP contribution in [0.5, 0.6) is 0 Å². The molecular formula is C47H50F3N9O5. The number of carbonyl (C=O) groups is 4. The fourth-order valence-corrected chi connectivity index (χ4v) is 10.4. The van der Waals surface area contributed by atoms with E-state index in [0.29, 0.717) is 123 Å². The number of benzene rings is 2. The number of pyridine rings is 1. The number of aryl methyl sites for hydroxylation is 1. The van der Waals surface area contributed by atoms with Crippen LogP contribution in [0, 0.1) is 5.82 Å². The van der Waals surface area contributed by atoms with Crippen LogP contribution in [0.1, 0.15) is 91.3 Å². The van der Waals surface area contributed by atoms with Gasteiger partial charge in [-0.2, -0.15) is 5.10 Å². The van der Waals surface area contributed by atoms with Gasteiger partial charge < -0.3 is 29.3 Å². The molecule has 5 aliphatic rings. The third-order valence-corrected chi connectivity index (χ3v) is 13.8. The highest BCUT2D eigenvalue weighted by Gasteiger charge is 2.35. The van der Waals surface area contributed by atoms with Crippen molar-refractivity contribution in [3.8, 4) is 11.1 Å². The van der Waals surface area contributed by atoms with Crippen molar-refractivity contribution in [3.05, 3.63) is 88.8 Å². The Hall–Kier alpha value is -6.23. The lowest BCUT2D eigenvalue weighted by Crippen LogP contribution is -2.47. The Morgan fingerprint density at radius 3 is 2.56 bits per heavy atom. The van der Waals surface area contributed by atoms with E-state index in [1.807, 2.05) is 10.6 Å². The van der Waals surface area contributed by atoms with Crippen molar-refractivity contribution in [2.75, 3.05) is 49.6 Å². The van der Waals surface area contributed by atoms with Crippen LogP contribution in [0.15, 0.2) is 55.0 Å². The second-order valence-electron chi connectivity index (χ2n) is 17.6. The van der Waals surface area contributed by atoms with Crippen LogP contribution >= 0.6 is 0 Å². The zero-order valence-electron chi connectivity index (χ0n) is 35.4.